The topological polar surface area (TPSA) is 122 Å². The minimum absolute atomic E-state index is 0.278. The van der Waals surface area contributed by atoms with E-state index in [2.05, 4.69) is 10.6 Å². The molecule has 5 N–H and O–H groups in total. The van der Waals surface area contributed by atoms with Crippen molar-refractivity contribution in [3.8, 4) is 0 Å². The van der Waals surface area contributed by atoms with Crippen LogP contribution < -0.4 is 16.4 Å². The third-order valence-electron chi connectivity index (χ3n) is 2.84. The van der Waals surface area contributed by atoms with E-state index < -0.39 is 35.9 Å². The Morgan fingerprint density at radius 2 is 1.42 bits per heavy atom. The van der Waals surface area contributed by atoms with E-state index in [-0.39, 0.29) is 6.42 Å². The van der Waals surface area contributed by atoms with E-state index >= 15 is 0 Å². The maximum absolute atomic E-state index is 11.9. The van der Waals surface area contributed by atoms with Gasteiger partial charge in [-0.25, -0.2) is 4.79 Å². The molecule has 0 bridgehead atoms. The first-order chi connectivity index (χ1) is 8.87. The third kappa shape index (κ3) is 5.69. The summed E-state index contributed by atoms with van der Waals surface area (Å²) in [5.74, 6) is -2.01. The fourth-order valence-corrected chi connectivity index (χ4v) is 1.43. The highest BCUT2D eigenvalue weighted by Crippen LogP contribution is 1.98. The van der Waals surface area contributed by atoms with Crippen LogP contribution in [0.2, 0.25) is 0 Å². The minimum atomic E-state index is -1.10. The lowest BCUT2D eigenvalue weighted by Crippen LogP contribution is -2.54. The van der Waals surface area contributed by atoms with Crippen LogP contribution in [0.1, 0.15) is 40.0 Å². The Kier molecular flexibility index (Phi) is 7.74. The first kappa shape index (κ1) is 17.4. The molecule has 0 aliphatic carbocycles. The standard InChI is InChI=1S/C12H23N3O4/c1-4-7(13)10(16)14-8(5-2)11(17)15-9(6-3)12(18)19/h7-9H,4-6,13H2,1-3H3,(H,14,16)(H,15,17)(H,18,19)/t7-,8-,9-/m0/s1. The molecule has 0 rings (SSSR count). The van der Waals surface area contributed by atoms with E-state index in [9.17, 15) is 14.4 Å². The van der Waals surface area contributed by atoms with Gasteiger partial charge in [-0.15, -0.1) is 0 Å². The van der Waals surface area contributed by atoms with Gasteiger partial charge in [0.1, 0.15) is 12.1 Å². The fourth-order valence-electron chi connectivity index (χ4n) is 1.43. The lowest BCUT2D eigenvalue weighted by molar-refractivity contribution is -0.142. The van der Waals surface area contributed by atoms with Gasteiger partial charge in [-0.3, -0.25) is 9.59 Å². The van der Waals surface area contributed by atoms with Gasteiger partial charge >= 0.3 is 5.97 Å². The van der Waals surface area contributed by atoms with Crippen LogP contribution in [0, 0.1) is 0 Å². The van der Waals surface area contributed by atoms with E-state index in [1.54, 1.807) is 20.8 Å². The van der Waals surface area contributed by atoms with E-state index in [1.165, 1.54) is 0 Å². The molecule has 0 unspecified atom stereocenters. The van der Waals surface area contributed by atoms with E-state index in [1.807, 2.05) is 0 Å². The number of carbonyl (C=O) groups is 3. The summed E-state index contributed by atoms with van der Waals surface area (Å²) >= 11 is 0. The van der Waals surface area contributed by atoms with Crippen LogP contribution in [0.5, 0.6) is 0 Å². The van der Waals surface area contributed by atoms with Gasteiger partial charge in [0.25, 0.3) is 0 Å². The number of aliphatic carboxylic acids is 1. The average molecular weight is 273 g/mol. The molecule has 0 aliphatic heterocycles. The second-order valence-corrected chi connectivity index (χ2v) is 4.29. The summed E-state index contributed by atoms with van der Waals surface area (Å²) in [6.07, 6.45) is 1.11. The van der Waals surface area contributed by atoms with Crippen LogP contribution in [-0.4, -0.2) is 41.0 Å². The second kappa shape index (κ2) is 8.47. The molecule has 0 aromatic heterocycles. The molecule has 2 amide bonds. The van der Waals surface area contributed by atoms with Crippen LogP contribution in [-0.2, 0) is 14.4 Å². The first-order valence-electron chi connectivity index (χ1n) is 6.46. The largest absolute Gasteiger partial charge is 0.480 e. The van der Waals surface area contributed by atoms with Crippen LogP contribution in [0.15, 0.2) is 0 Å². The predicted molar refractivity (Wildman–Crippen MR) is 70.3 cm³/mol. The third-order valence-corrected chi connectivity index (χ3v) is 2.84. The van der Waals surface area contributed by atoms with Crippen LogP contribution in [0.25, 0.3) is 0 Å². The zero-order valence-electron chi connectivity index (χ0n) is 11.6. The lowest BCUT2D eigenvalue weighted by atomic mass is 10.1. The summed E-state index contributed by atoms with van der Waals surface area (Å²) in [5.41, 5.74) is 5.56. The molecule has 7 heteroatoms. The average Bonchev–Trinajstić information content (AvgIpc) is 2.39. The molecule has 0 aromatic rings. The second-order valence-electron chi connectivity index (χ2n) is 4.29. The Bertz CT molecular complexity index is 333. The number of carboxylic acids is 1. The van der Waals surface area contributed by atoms with Crippen LogP contribution in [0.3, 0.4) is 0 Å². The number of carboxylic acid groups (broad SMARTS) is 1. The van der Waals surface area contributed by atoms with Crippen molar-refractivity contribution in [1.29, 1.82) is 0 Å². The minimum Gasteiger partial charge on any atom is -0.480 e. The summed E-state index contributed by atoms with van der Waals surface area (Å²) < 4.78 is 0. The van der Waals surface area contributed by atoms with E-state index in [0.717, 1.165) is 0 Å². The summed E-state index contributed by atoms with van der Waals surface area (Å²) in [6, 6.07) is -2.37. The number of amides is 2. The Hall–Kier alpha value is -1.63. The number of nitrogens with one attached hydrogen (secondary N) is 2. The summed E-state index contributed by atoms with van der Waals surface area (Å²) in [5, 5.41) is 13.8. The van der Waals surface area contributed by atoms with Gasteiger partial charge in [0, 0.05) is 0 Å². The molecule has 0 aliphatic rings. The summed E-state index contributed by atoms with van der Waals surface area (Å²) in [4.78, 5) is 34.3. The molecule has 0 aromatic carbocycles. The van der Waals surface area contributed by atoms with Crippen molar-refractivity contribution < 1.29 is 19.5 Å². The molecule has 0 saturated heterocycles. The van der Waals surface area contributed by atoms with Crippen molar-refractivity contribution in [2.24, 2.45) is 5.73 Å². The molecular formula is C12H23N3O4. The number of carbonyl (C=O) groups excluding carboxylic acids is 2. The molecule has 0 saturated carbocycles. The Morgan fingerprint density at radius 1 is 0.947 bits per heavy atom. The summed E-state index contributed by atoms with van der Waals surface area (Å²) in [7, 11) is 0. The van der Waals surface area contributed by atoms with Gasteiger partial charge in [0.2, 0.25) is 11.8 Å². The highest BCUT2D eigenvalue weighted by Gasteiger charge is 2.25. The van der Waals surface area contributed by atoms with Crippen molar-refractivity contribution in [2.75, 3.05) is 0 Å². The number of rotatable bonds is 8. The fraction of sp³-hybridized carbons (Fsp3) is 0.750. The molecule has 0 heterocycles. The van der Waals surface area contributed by atoms with Gasteiger partial charge in [-0.2, -0.15) is 0 Å². The molecular weight excluding hydrogens is 250 g/mol. The van der Waals surface area contributed by atoms with Crippen molar-refractivity contribution >= 4 is 17.8 Å². The van der Waals surface area contributed by atoms with Crippen molar-refractivity contribution in [2.45, 2.75) is 58.2 Å². The zero-order valence-corrected chi connectivity index (χ0v) is 11.6. The highest BCUT2D eigenvalue weighted by molar-refractivity contribution is 5.91. The smallest absolute Gasteiger partial charge is 0.326 e. The molecule has 110 valence electrons. The predicted octanol–water partition coefficient (Wildman–Crippen LogP) is -0.402. The van der Waals surface area contributed by atoms with Gasteiger partial charge in [0.15, 0.2) is 0 Å². The number of hydrogen-bond donors (Lipinski definition) is 4. The zero-order chi connectivity index (χ0) is 15.0. The Labute approximate surface area is 112 Å². The van der Waals surface area contributed by atoms with Crippen molar-refractivity contribution in [3.05, 3.63) is 0 Å². The van der Waals surface area contributed by atoms with E-state index in [0.29, 0.717) is 12.8 Å². The van der Waals surface area contributed by atoms with Gasteiger partial charge in [-0.05, 0) is 19.3 Å². The molecule has 3 atom stereocenters. The molecule has 0 fully saturated rings. The maximum Gasteiger partial charge on any atom is 0.326 e. The highest BCUT2D eigenvalue weighted by atomic mass is 16.4. The van der Waals surface area contributed by atoms with Gasteiger partial charge in [0.05, 0.1) is 6.04 Å². The Balaban J connectivity index is 4.56. The lowest BCUT2D eigenvalue weighted by Gasteiger charge is -2.21. The molecule has 7 nitrogen and oxygen atoms in total. The molecule has 0 spiro atoms. The van der Waals surface area contributed by atoms with E-state index in [4.69, 9.17) is 10.8 Å². The first-order valence-corrected chi connectivity index (χ1v) is 6.46. The van der Waals surface area contributed by atoms with Crippen molar-refractivity contribution in [1.82, 2.24) is 10.6 Å². The SMILES string of the molecule is CC[C@H](NC(=O)[C@H](CC)NC(=O)[C@@H](N)CC)C(=O)O. The molecule has 19 heavy (non-hydrogen) atoms. The van der Waals surface area contributed by atoms with Gasteiger partial charge < -0.3 is 21.5 Å². The van der Waals surface area contributed by atoms with Crippen LogP contribution >= 0.6 is 0 Å². The maximum atomic E-state index is 11.9. The van der Waals surface area contributed by atoms with Gasteiger partial charge in [-0.1, -0.05) is 20.8 Å². The normalized spacial score (nSPS) is 15.2. The van der Waals surface area contributed by atoms with Crippen molar-refractivity contribution in [3.63, 3.8) is 0 Å². The summed E-state index contributed by atoms with van der Waals surface area (Å²) in [6.45, 7) is 5.15. The van der Waals surface area contributed by atoms with Crippen LogP contribution in [0.4, 0.5) is 0 Å². The number of nitrogens with two attached hydrogens (primary N) is 1. The monoisotopic (exact) mass is 273 g/mol. The number of hydrogen-bond acceptors (Lipinski definition) is 4. The Morgan fingerprint density at radius 3 is 1.79 bits per heavy atom. The quantitative estimate of drug-likeness (QED) is 0.479. The molecule has 0 radical (unpaired) electrons.